The van der Waals surface area contributed by atoms with E-state index in [1.165, 1.54) is 0 Å². The molecular formula is C14H6F17NO2. The molecule has 0 bridgehead atoms. The molecule has 34 heavy (non-hydrogen) atoms. The van der Waals surface area contributed by atoms with E-state index in [2.05, 4.69) is 0 Å². The van der Waals surface area contributed by atoms with Crippen molar-refractivity contribution in [2.75, 3.05) is 6.54 Å². The van der Waals surface area contributed by atoms with Gasteiger partial charge < -0.3 is 0 Å². The van der Waals surface area contributed by atoms with Gasteiger partial charge in [0.1, 0.15) is 0 Å². The van der Waals surface area contributed by atoms with E-state index >= 15 is 0 Å². The molecule has 1 heterocycles. The monoisotopic (exact) mass is 543 g/mol. The summed E-state index contributed by atoms with van der Waals surface area (Å²) in [7, 11) is 0. The van der Waals surface area contributed by atoms with Gasteiger partial charge in [0.2, 0.25) is 0 Å². The topological polar surface area (TPSA) is 37.4 Å². The predicted molar refractivity (Wildman–Crippen MR) is 71.2 cm³/mol. The zero-order chi connectivity index (χ0) is 27.6. The van der Waals surface area contributed by atoms with Gasteiger partial charge in [0, 0.05) is 25.1 Å². The summed E-state index contributed by atoms with van der Waals surface area (Å²) in [6.45, 7) is -1.95. The maximum Gasteiger partial charge on any atom is 0.460 e. The molecule has 3 nitrogen and oxygen atoms in total. The lowest BCUT2D eigenvalue weighted by molar-refractivity contribution is -0.461. The Bertz CT molecular complexity index is 839. The fourth-order valence-electron chi connectivity index (χ4n) is 2.26. The fraction of sp³-hybridized carbons (Fsp3) is 0.714. The second-order valence-electron chi connectivity index (χ2n) is 6.56. The highest BCUT2D eigenvalue weighted by Crippen LogP contribution is 2.64. The maximum atomic E-state index is 13.6. The first-order valence-electron chi connectivity index (χ1n) is 7.90. The smallest absolute Gasteiger partial charge is 0.275 e. The summed E-state index contributed by atoms with van der Waals surface area (Å²) in [5.41, 5.74) is 0. The molecule has 0 atom stereocenters. The Balaban J connectivity index is 3.44. The average Bonchev–Trinajstić information content (AvgIpc) is 2.95. The minimum Gasteiger partial charge on any atom is -0.275 e. The van der Waals surface area contributed by atoms with Crippen molar-refractivity contribution in [3.8, 4) is 0 Å². The molecule has 0 aliphatic carbocycles. The third kappa shape index (κ3) is 3.85. The van der Waals surface area contributed by atoms with Crippen LogP contribution in [0.15, 0.2) is 12.2 Å². The van der Waals surface area contributed by atoms with E-state index < -0.39 is 72.4 Å². The number of carbonyl (C=O) groups excluding carboxylic acids is 2. The van der Waals surface area contributed by atoms with Crippen LogP contribution in [0.1, 0.15) is 6.42 Å². The van der Waals surface area contributed by atoms with Crippen molar-refractivity contribution in [2.45, 2.75) is 54.1 Å². The molecule has 1 rings (SSSR count). The van der Waals surface area contributed by atoms with Gasteiger partial charge in [0.25, 0.3) is 11.8 Å². The van der Waals surface area contributed by atoms with Gasteiger partial charge in [0.15, 0.2) is 0 Å². The van der Waals surface area contributed by atoms with Gasteiger partial charge in [-0.2, -0.15) is 74.6 Å². The molecule has 0 radical (unpaired) electrons. The Morgan fingerprint density at radius 3 is 1.12 bits per heavy atom. The van der Waals surface area contributed by atoms with Gasteiger partial charge in [0.05, 0.1) is 0 Å². The van der Waals surface area contributed by atoms with Gasteiger partial charge >= 0.3 is 47.6 Å². The summed E-state index contributed by atoms with van der Waals surface area (Å²) in [6.07, 6.45) is -10.0. The molecule has 0 aromatic rings. The molecular weight excluding hydrogens is 537 g/mol. The minimum atomic E-state index is -8.70. The van der Waals surface area contributed by atoms with Crippen LogP contribution in [-0.4, -0.2) is 70.9 Å². The number of hydrogen-bond donors (Lipinski definition) is 0. The summed E-state index contributed by atoms with van der Waals surface area (Å²) >= 11 is 0. The Labute approximate surface area is 175 Å². The van der Waals surface area contributed by atoms with Crippen LogP contribution in [-0.2, 0) is 9.59 Å². The first kappa shape index (κ1) is 29.7. The van der Waals surface area contributed by atoms with Gasteiger partial charge in [-0.15, -0.1) is 0 Å². The van der Waals surface area contributed by atoms with Crippen LogP contribution in [0, 0.1) is 0 Å². The molecule has 0 fully saturated rings. The normalized spacial score (nSPS) is 17.7. The lowest BCUT2D eigenvalue weighted by Gasteiger charge is -2.42. The molecule has 2 amide bonds. The lowest BCUT2D eigenvalue weighted by atomic mass is 9.88. The number of halogens is 17. The number of imide groups is 1. The van der Waals surface area contributed by atoms with Crippen LogP contribution in [0.25, 0.3) is 0 Å². The van der Waals surface area contributed by atoms with Gasteiger partial charge in [-0.25, -0.2) is 0 Å². The number of hydrogen-bond acceptors (Lipinski definition) is 2. The summed E-state index contributed by atoms with van der Waals surface area (Å²) in [5.74, 6) is -60.1. The Morgan fingerprint density at radius 1 is 0.500 bits per heavy atom. The summed E-state index contributed by atoms with van der Waals surface area (Å²) in [6, 6.07) is 0. The lowest BCUT2D eigenvalue weighted by Crippen LogP contribution is -2.74. The van der Waals surface area contributed by atoms with Crippen LogP contribution >= 0.6 is 0 Å². The quantitative estimate of drug-likeness (QED) is 0.292. The zero-order valence-electron chi connectivity index (χ0n) is 15.3. The van der Waals surface area contributed by atoms with Crippen molar-refractivity contribution in [3.63, 3.8) is 0 Å². The van der Waals surface area contributed by atoms with Crippen molar-refractivity contribution in [1.29, 1.82) is 0 Å². The first-order valence-corrected chi connectivity index (χ1v) is 7.90. The number of rotatable bonds is 9. The van der Waals surface area contributed by atoms with Crippen molar-refractivity contribution >= 4 is 11.8 Å². The minimum absolute atomic E-state index is 0.338. The van der Waals surface area contributed by atoms with E-state index in [4.69, 9.17) is 0 Å². The van der Waals surface area contributed by atoms with Crippen LogP contribution in [0.3, 0.4) is 0 Å². The van der Waals surface area contributed by atoms with E-state index in [0.29, 0.717) is 12.2 Å². The van der Waals surface area contributed by atoms with Gasteiger partial charge in [-0.05, 0) is 0 Å². The Kier molecular flexibility index (Phi) is 6.87. The van der Waals surface area contributed by atoms with Gasteiger partial charge in [-0.3, -0.25) is 14.5 Å². The van der Waals surface area contributed by atoms with E-state index in [0.717, 1.165) is 0 Å². The molecule has 0 saturated heterocycles. The number of nitrogens with zero attached hydrogens (tertiary/aromatic N) is 1. The standard InChI is InChI=1S/C14H6F17NO2/c15-7(16,3-4-32-5(33)1-2-6(32)34)8(17,18)9(19,20)10(21,22)11(23,24)12(25,26)13(27,28)14(29,30)31/h1-2H,3-4H2. The highest BCUT2D eigenvalue weighted by Gasteiger charge is 2.95. The van der Waals surface area contributed by atoms with E-state index in [1.54, 1.807) is 0 Å². The molecule has 1 aliphatic rings. The zero-order valence-corrected chi connectivity index (χ0v) is 15.3. The molecule has 0 aromatic heterocycles. The largest absolute Gasteiger partial charge is 0.460 e. The third-order valence-corrected chi connectivity index (χ3v) is 4.34. The number of alkyl halides is 17. The second kappa shape index (κ2) is 7.85. The second-order valence-corrected chi connectivity index (χ2v) is 6.56. The fourth-order valence-corrected chi connectivity index (χ4v) is 2.26. The van der Waals surface area contributed by atoms with E-state index in [1.807, 2.05) is 0 Å². The predicted octanol–water partition coefficient (Wildman–Crippen LogP) is 5.31. The summed E-state index contributed by atoms with van der Waals surface area (Å²) in [4.78, 5) is 21.8. The third-order valence-electron chi connectivity index (χ3n) is 4.34. The Morgan fingerprint density at radius 2 is 0.794 bits per heavy atom. The van der Waals surface area contributed by atoms with Crippen molar-refractivity contribution in [3.05, 3.63) is 12.2 Å². The SMILES string of the molecule is O=C1C=CC(=O)N1CCC(F)(F)C(F)(F)C(F)(F)C(F)(F)C(F)(F)C(F)(F)C(F)(F)C(F)(F)F. The maximum absolute atomic E-state index is 13.6. The first-order chi connectivity index (χ1) is 14.6. The molecule has 198 valence electrons. The van der Waals surface area contributed by atoms with E-state index in [-0.39, 0.29) is 4.90 Å². The van der Waals surface area contributed by atoms with Gasteiger partial charge in [-0.1, -0.05) is 0 Å². The molecule has 20 heteroatoms. The van der Waals surface area contributed by atoms with Crippen LogP contribution in [0.4, 0.5) is 74.6 Å². The molecule has 0 unspecified atom stereocenters. The number of carbonyl (C=O) groups is 2. The average molecular weight is 543 g/mol. The van der Waals surface area contributed by atoms with Crippen molar-refractivity contribution in [1.82, 2.24) is 4.90 Å². The molecule has 1 aliphatic heterocycles. The van der Waals surface area contributed by atoms with Crippen LogP contribution in [0.5, 0.6) is 0 Å². The Hall–Kier alpha value is -2.31. The van der Waals surface area contributed by atoms with Crippen LogP contribution < -0.4 is 0 Å². The van der Waals surface area contributed by atoms with Crippen LogP contribution in [0.2, 0.25) is 0 Å². The summed E-state index contributed by atoms with van der Waals surface area (Å²) < 4.78 is 223. The highest BCUT2D eigenvalue weighted by atomic mass is 19.4. The molecule has 0 N–H and O–H groups in total. The molecule has 0 aromatic carbocycles. The van der Waals surface area contributed by atoms with Crippen molar-refractivity contribution in [2.24, 2.45) is 0 Å². The number of amides is 2. The van der Waals surface area contributed by atoms with E-state index in [9.17, 15) is 84.2 Å². The molecule has 0 saturated carbocycles. The summed E-state index contributed by atoms with van der Waals surface area (Å²) in [5, 5.41) is 0. The highest BCUT2D eigenvalue weighted by molar-refractivity contribution is 6.12. The molecule has 0 spiro atoms. The van der Waals surface area contributed by atoms with Crippen molar-refractivity contribution < 1.29 is 84.2 Å².